The van der Waals surface area contributed by atoms with Gasteiger partial charge in [-0.1, -0.05) is 36.4 Å². The zero-order chi connectivity index (χ0) is 16.7. The van der Waals surface area contributed by atoms with E-state index in [1.54, 1.807) is 12.1 Å². The van der Waals surface area contributed by atoms with Crippen LogP contribution in [0.15, 0.2) is 48.5 Å². The fourth-order valence-corrected chi connectivity index (χ4v) is 2.38. The number of carbonyl (C=O) groups excluding carboxylic acids is 1. The molecule has 0 aliphatic carbocycles. The van der Waals surface area contributed by atoms with E-state index in [4.69, 9.17) is 0 Å². The molecule has 0 radical (unpaired) electrons. The zero-order valence-corrected chi connectivity index (χ0v) is 13.1. The lowest BCUT2D eigenvalue weighted by molar-refractivity contribution is 0.248. The summed E-state index contributed by atoms with van der Waals surface area (Å²) in [5.74, 6) is -0.463. The van der Waals surface area contributed by atoms with Gasteiger partial charge in [0, 0.05) is 19.1 Å². The number of halogens is 1. The molecule has 2 aromatic rings. The van der Waals surface area contributed by atoms with E-state index in [2.05, 4.69) is 10.6 Å². The van der Waals surface area contributed by atoms with Crippen LogP contribution in [0.2, 0.25) is 0 Å². The minimum Gasteiger partial charge on any atom is -0.396 e. The summed E-state index contributed by atoms with van der Waals surface area (Å²) >= 11 is 0. The number of rotatable bonds is 6. The maximum atomic E-state index is 13.6. The second-order valence-corrected chi connectivity index (χ2v) is 5.44. The molecule has 2 rings (SSSR count). The monoisotopic (exact) mass is 316 g/mol. The van der Waals surface area contributed by atoms with Gasteiger partial charge in [-0.15, -0.1) is 0 Å². The van der Waals surface area contributed by atoms with Gasteiger partial charge in [-0.05, 0) is 36.6 Å². The van der Waals surface area contributed by atoms with Crippen LogP contribution in [0.25, 0.3) is 0 Å². The summed E-state index contributed by atoms with van der Waals surface area (Å²) in [7, 11) is 0. The third kappa shape index (κ3) is 5.07. The lowest BCUT2D eigenvalue weighted by Gasteiger charge is -2.17. The Bertz CT molecular complexity index is 647. The standard InChI is InChI=1S/C18H21FN2O2/c1-13-7-8-16(19)17(11-13)21-18(23)20-12-15(9-10-22)14-5-3-2-4-6-14/h2-8,11,15,22H,9-10,12H2,1H3,(H2,20,21,23). The number of aliphatic hydroxyl groups is 1. The number of nitrogens with one attached hydrogen (secondary N) is 2. The first kappa shape index (κ1) is 17.0. The topological polar surface area (TPSA) is 61.4 Å². The Morgan fingerprint density at radius 1 is 1.22 bits per heavy atom. The van der Waals surface area contributed by atoms with Gasteiger partial charge in [0.05, 0.1) is 5.69 Å². The SMILES string of the molecule is Cc1ccc(F)c(NC(=O)NCC(CCO)c2ccccc2)c1. The molecule has 0 aliphatic rings. The van der Waals surface area contributed by atoms with Gasteiger partial charge in [-0.3, -0.25) is 0 Å². The predicted octanol–water partition coefficient (Wildman–Crippen LogP) is 3.42. The van der Waals surface area contributed by atoms with Crippen LogP contribution in [-0.4, -0.2) is 24.3 Å². The highest BCUT2D eigenvalue weighted by Gasteiger charge is 2.13. The minimum absolute atomic E-state index is 0.00862. The van der Waals surface area contributed by atoms with Crippen LogP contribution in [0.3, 0.4) is 0 Å². The molecule has 0 fully saturated rings. The average Bonchev–Trinajstić information content (AvgIpc) is 2.55. The average molecular weight is 316 g/mol. The van der Waals surface area contributed by atoms with Gasteiger partial charge in [0.2, 0.25) is 0 Å². The maximum absolute atomic E-state index is 13.6. The minimum atomic E-state index is -0.472. The normalized spacial score (nSPS) is 11.8. The van der Waals surface area contributed by atoms with E-state index in [-0.39, 0.29) is 18.2 Å². The molecule has 3 N–H and O–H groups in total. The van der Waals surface area contributed by atoms with E-state index in [0.717, 1.165) is 11.1 Å². The molecule has 122 valence electrons. The van der Waals surface area contributed by atoms with E-state index < -0.39 is 11.8 Å². The Morgan fingerprint density at radius 3 is 2.65 bits per heavy atom. The van der Waals surface area contributed by atoms with Gasteiger partial charge in [0.15, 0.2) is 0 Å². The van der Waals surface area contributed by atoms with Crippen molar-refractivity contribution in [3.05, 3.63) is 65.5 Å². The largest absolute Gasteiger partial charge is 0.396 e. The predicted molar refractivity (Wildman–Crippen MR) is 89.0 cm³/mol. The number of hydrogen-bond acceptors (Lipinski definition) is 2. The van der Waals surface area contributed by atoms with Crippen molar-refractivity contribution >= 4 is 11.7 Å². The second-order valence-electron chi connectivity index (χ2n) is 5.44. The Morgan fingerprint density at radius 2 is 1.96 bits per heavy atom. The van der Waals surface area contributed by atoms with E-state index in [9.17, 15) is 14.3 Å². The molecular weight excluding hydrogens is 295 g/mol. The van der Waals surface area contributed by atoms with Gasteiger partial charge in [0.1, 0.15) is 5.82 Å². The number of urea groups is 1. The Labute approximate surface area is 135 Å². The van der Waals surface area contributed by atoms with Crippen molar-refractivity contribution in [3.63, 3.8) is 0 Å². The molecule has 0 aliphatic heterocycles. The highest BCUT2D eigenvalue weighted by molar-refractivity contribution is 5.89. The van der Waals surface area contributed by atoms with Crippen LogP contribution in [0.5, 0.6) is 0 Å². The fraction of sp³-hybridized carbons (Fsp3) is 0.278. The van der Waals surface area contributed by atoms with Gasteiger partial charge in [0.25, 0.3) is 0 Å². The molecule has 2 amide bonds. The first-order valence-corrected chi connectivity index (χ1v) is 7.57. The highest BCUT2D eigenvalue weighted by Crippen LogP contribution is 2.19. The number of hydrogen-bond donors (Lipinski definition) is 3. The third-order valence-corrected chi connectivity index (χ3v) is 3.63. The zero-order valence-electron chi connectivity index (χ0n) is 13.1. The molecule has 0 aromatic heterocycles. The van der Waals surface area contributed by atoms with Crippen LogP contribution < -0.4 is 10.6 Å². The van der Waals surface area contributed by atoms with Crippen molar-refractivity contribution in [1.29, 1.82) is 0 Å². The third-order valence-electron chi connectivity index (χ3n) is 3.63. The Kier molecular flexibility index (Phi) is 6.11. The number of carbonyl (C=O) groups is 1. The number of anilines is 1. The van der Waals surface area contributed by atoms with Gasteiger partial charge in [-0.2, -0.15) is 0 Å². The van der Waals surface area contributed by atoms with Crippen LogP contribution >= 0.6 is 0 Å². The molecule has 0 saturated carbocycles. The fourth-order valence-electron chi connectivity index (χ4n) is 2.38. The second kappa shape index (κ2) is 8.29. The molecule has 0 spiro atoms. The Hall–Kier alpha value is -2.40. The summed E-state index contributed by atoms with van der Waals surface area (Å²) in [5, 5.41) is 14.4. The molecule has 2 aromatic carbocycles. The lowest BCUT2D eigenvalue weighted by Crippen LogP contribution is -2.33. The van der Waals surface area contributed by atoms with Crippen molar-refractivity contribution in [1.82, 2.24) is 5.32 Å². The van der Waals surface area contributed by atoms with Crippen molar-refractivity contribution in [3.8, 4) is 0 Å². The van der Waals surface area contributed by atoms with Crippen molar-refractivity contribution in [2.24, 2.45) is 0 Å². The number of amides is 2. The molecule has 4 nitrogen and oxygen atoms in total. The van der Waals surface area contributed by atoms with Crippen LogP contribution in [0.1, 0.15) is 23.5 Å². The Balaban J connectivity index is 1.95. The summed E-state index contributed by atoms with van der Waals surface area (Å²) < 4.78 is 13.6. The lowest BCUT2D eigenvalue weighted by atomic mass is 9.96. The van der Waals surface area contributed by atoms with E-state index in [1.165, 1.54) is 6.07 Å². The number of aliphatic hydroxyl groups excluding tert-OH is 1. The van der Waals surface area contributed by atoms with E-state index in [1.807, 2.05) is 37.3 Å². The van der Waals surface area contributed by atoms with E-state index in [0.29, 0.717) is 13.0 Å². The summed E-state index contributed by atoms with van der Waals surface area (Å²) in [4.78, 5) is 12.0. The van der Waals surface area contributed by atoms with Crippen LogP contribution in [0.4, 0.5) is 14.9 Å². The molecule has 0 saturated heterocycles. The maximum Gasteiger partial charge on any atom is 0.319 e. The molecule has 1 unspecified atom stereocenters. The molecule has 0 heterocycles. The van der Waals surface area contributed by atoms with E-state index >= 15 is 0 Å². The summed E-state index contributed by atoms with van der Waals surface area (Å²) in [6, 6.07) is 13.8. The first-order chi connectivity index (χ1) is 11.1. The highest BCUT2D eigenvalue weighted by atomic mass is 19.1. The summed E-state index contributed by atoms with van der Waals surface area (Å²) in [5.41, 5.74) is 2.06. The van der Waals surface area contributed by atoms with Crippen molar-refractivity contribution < 1.29 is 14.3 Å². The molecular formula is C18H21FN2O2. The van der Waals surface area contributed by atoms with Gasteiger partial charge >= 0.3 is 6.03 Å². The van der Waals surface area contributed by atoms with Gasteiger partial charge < -0.3 is 15.7 Å². The van der Waals surface area contributed by atoms with Crippen LogP contribution in [-0.2, 0) is 0 Å². The molecule has 5 heteroatoms. The van der Waals surface area contributed by atoms with Crippen LogP contribution in [0, 0.1) is 12.7 Å². The number of aryl methyl sites for hydroxylation is 1. The number of benzene rings is 2. The summed E-state index contributed by atoms with van der Waals surface area (Å²) in [6.07, 6.45) is 0.545. The molecule has 0 bridgehead atoms. The smallest absolute Gasteiger partial charge is 0.319 e. The first-order valence-electron chi connectivity index (χ1n) is 7.57. The summed E-state index contributed by atoms with van der Waals surface area (Å²) in [6.45, 7) is 2.23. The quantitative estimate of drug-likeness (QED) is 0.764. The molecule has 1 atom stereocenters. The van der Waals surface area contributed by atoms with Crippen molar-refractivity contribution in [2.45, 2.75) is 19.3 Å². The molecule has 23 heavy (non-hydrogen) atoms. The van der Waals surface area contributed by atoms with Crippen molar-refractivity contribution in [2.75, 3.05) is 18.5 Å². The van der Waals surface area contributed by atoms with Gasteiger partial charge in [-0.25, -0.2) is 9.18 Å².